The van der Waals surface area contributed by atoms with Crippen LogP contribution < -0.4 is 4.74 Å². The van der Waals surface area contributed by atoms with Gasteiger partial charge in [-0.1, -0.05) is 30.7 Å². The molecule has 128 valence electrons. The lowest BCUT2D eigenvalue weighted by Gasteiger charge is -2.04. The predicted molar refractivity (Wildman–Crippen MR) is 103 cm³/mol. The Labute approximate surface area is 155 Å². The molecule has 0 spiro atoms. The van der Waals surface area contributed by atoms with E-state index in [1.165, 1.54) is 0 Å². The molecule has 1 N–H and O–H groups in total. The van der Waals surface area contributed by atoms with Gasteiger partial charge < -0.3 is 4.74 Å². The summed E-state index contributed by atoms with van der Waals surface area (Å²) < 4.78 is 7.56. The van der Waals surface area contributed by atoms with Crippen molar-refractivity contribution >= 4 is 30.0 Å². The number of nitrogens with zero attached hydrogens (tertiary/aromatic N) is 3. The fourth-order valence-electron chi connectivity index (χ4n) is 2.21. The number of aromatic amines is 1. The zero-order chi connectivity index (χ0) is 17.6. The molecule has 0 atom stereocenters. The molecule has 5 nitrogen and oxygen atoms in total. The molecule has 7 heteroatoms. The van der Waals surface area contributed by atoms with Crippen LogP contribution in [0.15, 0.2) is 53.6 Å². The Kier molecular flexibility index (Phi) is 5.63. The van der Waals surface area contributed by atoms with Gasteiger partial charge in [-0.15, -0.1) is 0 Å². The standard InChI is InChI=1S/C18H17ClN4OS/c1-2-10-24-16-8-6-13(7-9-16)12-20-23-17(21-22-18(23)25)14-4-3-5-15(19)11-14/h3-9,11-12H,2,10H2,1H3,(H,22,25)/b20-12+. The van der Waals surface area contributed by atoms with Crippen molar-refractivity contribution in [2.75, 3.05) is 6.61 Å². The van der Waals surface area contributed by atoms with Gasteiger partial charge in [0.15, 0.2) is 5.82 Å². The SMILES string of the molecule is CCCOc1ccc(/C=N/n2c(-c3cccc(Cl)c3)n[nH]c2=S)cc1. The highest BCUT2D eigenvalue weighted by Crippen LogP contribution is 2.21. The lowest BCUT2D eigenvalue weighted by atomic mass is 10.2. The van der Waals surface area contributed by atoms with Gasteiger partial charge in [0.1, 0.15) is 5.75 Å². The van der Waals surface area contributed by atoms with Crippen LogP contribution >= 0.6 is 23.8 Å². The first kappa shape index (κ1) is 17.4. The lowest BCUT2D eigenvalue weighted by molar-refractivity contribution is 0.317. The number of ether oxygens (including phenoxy) is 1. The molecule has 0 aliphatic carbocycles. The van der Waals surface area contributed by atoms with Gasteiger partial charge in [0.2, 0.25) is 4.77 Å². The van der Waals surface area contributed by atoms with E-state index in [0.717, 1.165) is 23.3 Å². The number of hydrogen-bond donors (Lipinski definition) is 1. The molecular formula is C18H17ClN4OS. The first-order chi connectivity index (χ1) is 12.2. The number of rotatable bonds is 6. The number of H-pyrrole nitrogens is 1. The van der Waals surface area contributed by atoms with Crippen LogP contribution in [-0.4, -0.2) is 27.7 Å². The maximum atomic E-state index is 6.05. The number of benzene rings is 2. The third-order valence-electron chi connectivity index (χ3n) is 3.41. The molecule has 3 aromatic rings. The van der Waals surface area contributed by atoms with Crippen molar-refractivity contribution in [1.82, 2.24) is 14.9 Å². The smallest absolute Gasteiger partial charge is 0.216 e. The van der Waals surface area contributed by atoms with Crippen LogP contribution in [0.3, 0.4) is 0 Å². The molecule has 0 aliphatic heterocycles. The van der Waals surface area contributed by atoms with Crippen molar-refractivity contribution in [3.05, 3.63) is 63.9 Å². The molecule has 25 heavy (non-hydrogen) atoms. The number of aromatic nitrogens is 3. The predicted octanol–water partition coefficient (Wildman–Crippen LogP) is 4.93. The summed E-state index contributed by atoms with van der Waals surface area (Å²) in [6, 6.07) is 15.1. The topological polar surface area (TPSA) is 55.2 Å². The summed E-state index contributed by atoms with van der Waals surface area (Å²) in [5.74, 6) is 1.45. The van der Waals surface area contributed by atoms with Gasteiger partial charge in [0.25, 0.3) is 0 Å². The quantitative estimate of drug-likeness (QED) is 0.493. The van der Waals surface area contributed by atoms with Gasteiger partial charge >= 0.3 is 0 Å². The van der Waals surface area contributed by atoms with Crippen LogP contribution in [0.4, 0.5) is 0 Å². The second kappa shape index (κ2) is 8.09. The molecule has 3 rings (SSSR count). The van der Waals surface area contributed by atoms with E-state index in [0.29, 0.717) is 22.2 Å². The Bertz CT molecular complexity index is 931. The number of nitrogens with one attached hydrogen (secondary N) is 1. The van der Waals surface area contributed by atoms with Crippen LogP contribution in [0.1, 0.15) is 18.9 Å². The molecule has 0 saturated heterocycles. The summed E-state index contributed by atoms with van der Waals surface area (Å²) >= 11 is 11.3. The molecule has 0 amide bonds. The van der Waals surface area contributed by atoms with Gasteiger partial charge in [-0.2, -0.15) is 14.9 Å². The molecule has 0 aliphatic rings. The molecule has 0 bridgehead atoms. The zero-order valence-corrected chi connectivity index (χ0v) is 15.2. The highest BCUT2D eigenvalue weighted by Gasteiger charge is 2.08. The molecule has 0 radical (unpaired) electrons. The van der Waals surface area contributed by atoms with E-state index in [4.69, 9.17) is 28.6 Å². The summed E-state index contributed by atoms with van der Waals surface area (Å²) in [7, 11) is 0. The van der Waals surface area contributed by atoms with Gasteiger partial charge in [0.05, 0.1) is 12.8 Å². The fraction of sp³-hybridized carbons (Fsp3) is 0.167. The van der Waals surface area contributed by atoms with Gasteiger partial charge in [-0.05, 0) is 60.6 Å². The van der Waals surface area contributed by atoms with E-state index >= 15 is 0 Å². The van der Waals surface area contributed by atoms with Crippen molar-refractivity contribution in [2.24, 2.45) is 5.10 Å². The number of halogens is 1. The van der Waals surface area contributed by atoms with E-state index in [1.807, 2.05) is 48.5 Å². The van der Waals surface area contributed by atoms with Crippen molar-refractivity contribution in [2.45, 2.75) is 13.3 Å². The summed E-state index contributed by atoms with van der Waals surface area (Å²) in [6.45, 7) is 2.79. The maximum absolute atomic E-state index is 6.05. The van der Waals surface area contributed by atoms with Crippen molar-refractivity contribution in [1.29, 1.82) is 0 Å². The van der Waals surface area contributed by atoms with Crippen LogP contribution in [0.5, 0.6) is 5.75 Å². The highest BCUT2D eigenvalue weighted by atomic mass is 35.5. The monoisotopic (exact) mass is 372 g/mol. The summed E-state index contributed by atoms with van der Waals surface area (Å²) in [6.07, 6.45) is 2.71. The minimum atomic E-state index is 0.411. The fourth-order valence-corrected chi connectivity index (χ4v) is 2.58. The Morgan fingerprint density at radius 2 is 2.08 bits per heavy atom. The van der Waals surface area contributed by atoms with Crippen LogP contribution in [-0.2, 0) is 0 Å². The summed E-state index contributed by atoms with van der Waals surface area (Å²) in [4.78, 5) is 0. The van der Waals surface area contributed by atoms with E-state index in [2.05, 4.69) is 22.2 Å². The van der Waals surface area contributed by atoms with Crippen LogP contribution in [0, 0.1) is 4.77 Å². The molecule has 1 heterocycles. The van der Waals surface area contributed by atoms with Crippen LogP contribution in [0.25, 0.3) is 11.4 Å². The second-order valence-electron chi connectivity index (χ2n) is 5.34. The molecule has 0 fully saturated rings. The van der Waals surface area contributed by atoms with Gasteiger partial charge in [-0.3, -0.25) is 0 Å². The van der Waals surface area contributed by atoms with E-state index in [9.17, 15) is 0 Å². The first-order valence-corrected chi connectivity index (χ1v) is 8.66. The zero-order valence-electron chi connectivity index (χ0n) is 13.6. The second-order valence-corrected chi connectivity index (χ2v) is 6.16. The Morgan fingerprint density at radius 3 is 2.80 bits per heavy atom. The Balaban J connectivity index is 1.84. The van der Waals surface area contributed by atoms with E-state index in [-0.39, 0.29) is 0 Å². The first-order valence-electron chi connectivity index (χ1n) is 7.88. The van der Waals surface area contributed by atoms with Crippen molar-refractivity contribution in [3.8, 4) is 17.1 Å². The van der Waals surface area contributed by atoms with E-state index in [1.54, 1.807) is 10.9 Å². The Hall–Kier alpha value is -2.44. The average molecular weight is 373 g/mol. The average Bonchev–Trinajstić information content (AvgIpc) is 3.00. The minimum absolute atomic E-state index is 0.411. The van der Waals surface area contributed by atoms with E-state index < -0.39 is 0 Å². The summed E-state index contributed by atoms with van der Waals surface area (Å²) in [5, 5.41) is 12.1. The minimum Gasteiger partial charge on any atom is -0.494 e. The van der Waals surface area contributed by atoms with Gasteiger partial charge in [-0.25, -0.2) is 5.10 Å². The largest absolute Gasteiger partial charge is 0.494 e. The molecule has 0 saturated carbocycles. The van der Waals surface area contributed by atoms with Crippen molar-refractivity contribution in [3.63, 3.8) is 0 Å². The molecule has 1 aromatic heterocycles. The molecule has 2 aromatic carbocycles. The Morgan fingerprint density at radius 1 is 1.28 bits per heavy atom. The number of hydrogen-bond acceptors (Lipinski definition) is 4. The van der Waals surface area contributed by atoms with Gasteiger partial charge in [0, 0.05) is 10.6 Å². The van der Waals surface area contributed by atoms with Crippen LogP contribution in [0.2, 0.25) is 5.02 Å². The molecule has 0 unspecified atom stereocenters. The highest BCUT2D eigenvalue weighted by molar-refractivity contribution is 7.71. The third-order valence-corrected chi connectivity index (χ3v) is 3.91. The molecular weight excluding hydrogens is 356 g/mol. The third kappa shape index (κ3) is 4.35. The summed E-state index contributed by atoms with van der Waals surface area (Å²) in [5.41, 5.74) is 1.77. The normalized spacial score (nSPS) is 11.1. The maximum Gasteiger partial charge on any atom is 0.216 e. The lowest BCUT2D eigenvalue weighted by Crippen LogP contribution is -1.96. The van der Waals surface area contributed by atoms with Crippen molar-refractivity contribution < 1.29 is 4.74 Å².